The van der Waals surface area contributed by atoms with Crippen molar-refractivity contribution in [1.29, 1.82) is 0 Å². The lowest BCUT2D eigenvalue weighted by molar-refractivity contribution is 0.382. The zero-order valence-electron chi connectivity index (χ0n) is 10.3. The van der Waals surface area contributed by atoms with E-state index in [1.165, 1.54) is 24.9 Å². The molecule has 0 aromatic rings. The van der Waals surface area contributed by atoms with Gasteiger partial charge in [-0.1, -0.05) is 26.2 Å². The summed E-state index contributed by atoms with van der Waals surface area (Å²) in [4.78, 5) is 10.3. The molecule has 0 aliphatic heterocycles. The Morgan fingerprint density at radius 2 is 2.12 bits per heavy atom. The van der Waals surface area contributed by atoms with E-state index >= 15 is 0 Å². The van der Waals surface area contributed by atoms with Gasteiger partial charge in [-0.05, 0) is 26.7 Å². The van der Waals surface area contributed by atoms with Crippen LogP contribution in [0.2, 0.25) is 0 Å². The maximum atomic E-state index is 10.3. The molecule has 1 unspecified atom stereocenters. The van der Waals surface area contributed by atoms with Crippen LogP contribution in [0.25, 0.3) is 0 Å². The topological polar surface area (TPSA) is 64.7 Å². The highest BCUT2D eigenvalue weighted by atomic mass is 32.2. The second-order valence-electron chi connectivity index (χ2n) is 4.44. The Hall–Kier alpha value is 0.220. The molecule has 1 atom stereocenters. The van der Waals surface area contributed by atoms with Crippen LogP contribution >= 0.6 is 24.0 Å². The Morgan fingerprint density at radius 3 is 2.62 bits per heavy atom. The summed E-state index contributed by atoms with van der Waals surface area (Å²) in [6.07, 6.45) is 5.44. The first-order chi connectivity index (χ1) is 7.55. The molecule has 0 aromatic carbocycles. The van der Waals surface area contributed by atoms with Crippen LogP contribution in [-0.2, 0) is 4.28 Å². The fourth-order valence-corrected chi connectivity index (χ4v) is 3.11. The van der Waals surface area contributed by atoms with Crippen LogP contribution in [0.1, 0.15) is 52.9 Å². The van der Waals surface area contributed by atoms with Gasteiger partial charge in [-0.25, -0.2) is 10.2 Å². The predicted molar refractivity (Wildman–Crippen MR) is 72.9 cm³/mol. The van der Waals surface area contributed by atoms with Gasteiger partial charge in [0.2, 0.25) is 0 Å². The van der Waals surface area contributed by atoms with Gasteiger partial charge in [0.15, 0.2) is 0 Å². The van der Waals surface area contributed by atoms with Crippen molar-refractivity contribution in [1.82, 2.24) is 0 Å². The molecular weight excluding hydrogens is 244 g/mol. The van der Waals surface area contributed by atoms with E-state index in [0.29, 0.717) is 0 Å². The van der Waals surface area contributed by atoms with Crippen molar-refractivity contribution in [3.05, 3.63) is 4.91 Å². The lowest BCUT2D eigenvalue weighted by atomic mass is 10.0. The normalized spacial score (nSPS) is 13.8. The molecule has 4 nitrogen and oxygen atoms in total. The smallest absolute Gasteiger partial charge is 0.0397 e. The molecule has 16 heavy (non-hydrogen) atoms. The van der Waals surface area contributed by atoms with Crippen LogP contribution in [0.3, 0.4) is 0 Å². The van der Waals surface area contributed by atoms with E-state index in [1.807, 2.05) is 0 Å². The van der Waals surface area contributed by atoms with E-state index in [2.05, 4.69) is 29.6 Å². The van der Waals surface area contributed by atoms with Crippen LogP contribution in [0.5, 0.6) is 0 Å². The largest absolute Gasteiger partial charge is 0.234 e. The number of hydrogen-bond acceptors (Lipinski definition) is 6. The Morgan fingerprint density at radius 1 is 1.44 bits per heavy atom. The Balaban J connectivity index is 4.04. The third-order valence-corrected chi connectivity index (χ3v) is 3.82. The molecule has 0 saturated heterocycles. The number of hydrogen-bond donors (Lipinski definition) is 1. The van der Waals surface area contributed by atoms with E-state index in [-0.39, 0.29) is 10.00 Å². The predicted octanol–water partition coefficient (Wildman–Crippen LogP) is 4.06. The molecule has 6 heteroatoms. The van der Waals surface area contributed by atoms with Gasteiger partial charge in [0.1, 0.15) is 0 Å². The zero-order chi connectivity index (χ0) is 12.4. The summed E-state index contributed by atoms with van der Waals surface area (Å²) in [5, 5.41) is 0.265. The molecule has 0 spiro atoms. The molecule has 0 radical (unpaired) electrons. The van der Waals surface area contributed by atoms with E-state index < -0.39 is 0 Å². The van der Waals surface area contributed by atoms with Crippen LogP contribution in [0, 0.1) is 4.91 Å². The molecule has 0 aromatic heterocycles. The van der Waals surface area contributed by atoms with Crippen LogP contribution in [0.4, 0.5) is 0 Å². The molecule has 0 amide bonds. The Labute approximate surface area is 107 Å². The summed E-state index contributed by atoms with van der Waals surface area (Å²) in [6.45, 7) is 6.29. The minimum Gasteiger partial charge on any atom is -0.234 e. The van der Waals surface area contributed by atoms with Gasteiger partial charge in [-0.15, -0.1) is 4.91 Å². The Bertz CT molecular complexity index is 192. The number of nitrogens with zero attached hydrogens (tertiary/aromatic N) is 1. The Kier molecular flexibility index (Phi) is 9.40. The van der Waals surface area contributed by atoms with Crippen molar-refractivity contribution in [3.63, 3.8) is 0 Å². The summed E-state index contributed by atoms with van der Waals surface area (Å²) in [5.41, 5.74) is 0. The third kappa shape index (κ3) is 8.38. The van der Waals surface area contributed by atoms with E-state index in [1.54, 1.807) is 0 Å². The molecule has 0 aliphatic carbocycles. The first kappa shape index (κ1) is 16.2. The number of unbranched alkanes of at least 4 members (excludes halogenated alkanes) is 2. The molecule has 96 valence electrons. The monoisotopic (exact) mass is 266 g/mol. The second kappa shape index (κ2) is 9.27. The van der Waals surface area contributed by atoms with Gasteiger partial charge in [0.25, 0.3) is 0 Å². The molecule has 2 N–H and O–H groups in total. The first-order valence-corrected chi connectivity index (χ1v) is 7.16. The maximum absolute atomic E-state index is 10.3. The molecule has 0 heterocycles. The molecular formula is C10H22N2O2S2. The van der Waals surface area contributed by atoms with Crippen LogP contribution in [0.15, 0.2) is 4.58 Å². The van der Waals surface area contributed by atoms with Gasteiger partial charge in [-0.3, -0.25) is 0 Å². The lowest BCUT2D eigenvalue weighted by Gasteiger charge is -2.25. The van der Waals surface area contributed by atoms with Crippen molar-refractivity contribution in [2.75, 3.05) is 0 Å². The highest BCUT2D eigenvalue weighted by Gasteiger charge is 2.25. The molecule has 0 bridgehead atoms. The zero-order valence-corrected chi connectivity index (χ0v) is 11.9. The summed E-state index contributed by atoms with van der Waals surface area (Å²) in [7, 11) is 0. The third-order valence-electron chi connectivity index (χ3n) is 2.31. The molecule has 0 rings (SSSR count). The van der Waals surface area contributed by atoms with Crippen molar-refractivity contribution < 1.29 is 4.28 Å². The number of rotatable bonds is 10. The lowest BCUT2D eigenvalue weighted by Crippen LogP contribution is -2.22. The van der Waals surface area contributed by atoms with Gasteiger partial charge in [0.05, 0.1) is 0 Å². The number of nitroso groups, excluding NO2 is 1. The summed E-state index contributed by atoms with van der Waals surface area (Å²) >= 11 is 2.39. The summed E-state index contributed by atoms with van der Waals surface area (Å²) in [6, 6.07) is 0. The van der Waals surface area contributed by atoms with E-state index in [4.69, 9.17) is 5.90 Å². The standard InChI is InChI=1S/C10H22N2O2S2/c1-4-5-6-7-9(15-12-13)8-10(2,3)16-14-11/h9H,4-8,11H2,1-3H3. The molecule has 0 aliphatic rings. The van der Waals surface area contributed by atoms with E-state index in [9.17, 15) is 4.91 Å². The van der Waals surface area contributed by atoms with Gasteiger partial charge >= 0.3 is 0 Å². The van der Waals surface area contributed by atoms with Crippen molar-refractivity contribution in [2.24, 2.45) is 10.5 Å². The van der Waals surface area contributed by atoms with Gasteiger partial charge in [0, 0.05) is 38.6 Å². The molecule has 0 fully saturated rings. The maximum Gasteiger partial charge on any atom is 0.0397 e. The highest BCUT2D eigenvalue weighted by Crippen LogP contribution is 2.35. The van der Waals surface area contributed by atoms with Crippen LogP contribution in [-0.4, -0.2) is 10.00 Å². The highest BCUT2D eigenvalue weighted by molar-refractivity contribution is 7.98. The average Bonchev–Trinajstić information content (AvgIpc) is 2.17. The molecule has 0 saturated carbocycles. The minimum atomic E-state index is -0.0800. The fourth-order valence-electron chi connectivity index (χ4n) is 1.59. The van der Waals surface area contributed by atoms with Crippen molar-refractivity contribution in [3.8, 4) is 0 Å². The van der Waals surface area contributed by atoms with Gasteiger partial charge < -0.3 is 0 Å². The minimum absolute atomic E-state index is 0.0800. The summed E-state index contributed by atoms with van der Waals surface area (Å²) < 4.78 is 7.47. The van der Waals surface area contributed by atoms with Crippen molar-refractivity contribution >= 4 is 24.0 Å². The average molecular weight is 266 g/mol. The van der Waals surface area contributed by atoms with Crippen molar-refractivity contribution in [2.45, 2.75) is 62.9 Å². The van der Waals surface area contributed by atoms with E-state index in [0.717, 1.165) is 31.2 Å². The second-order valence-corrected chi connectivity index (χ2v) is 6.93. The quantitative estimate of drug-likeness (QED) is 0.212. The van der Waals surface area contributed by atoms with Gasteiger partial charge in [-0.2, -0.15) is 0 Å². The first-order valence-electron chi connectivity index (χ1n) is 5.58. The number of nitrogens with two attached hydrogens (primary N) is 1. The SMILES string of the molecule is CCCCCC(CC(C)(C)SON)SN=O. The fraction of sp³-hybridized carbons (Fsp3) is 1.00. The van der Waals surface area contributed by atoms with Crippen LogP contribution < -0.4 is 5.90 Å². The summed E-state index contributed by atoms with van der Waals surface area (Å²) in [5.74, 6) is 5.06.